The summed E-state index contributed by atoms with van der Waals surface area (Å²) in [4.78, 5) is 30.2. The number of likely N-dealkylation sites (tertiary alicyclic amines) is 1. The molecule has 2 heterocycles. The van der Waals surface area contributed by atoms with E-state index in [-0.39, 0.29) is 29.8 Å². The van der Waals surface area contributed by atoms with Gasteiger partial charge >= 0.3 is 0 Å². The summed E-state index contributed by atoms with van der Waals surface area (Å²) < 4.78 is 5.81. The van der Waals surface area contributed by atoms with E-state index in [1.807, 2.05) is 31.2 Å². The fourth-order valence-electron chi connectivity index (χ4n) is 4.65. The van der Waals surface area contributed by atoms with Gasteiger partial charge in [0.1, 0.15) is 11.6 Å². The molecule has 1 aliphatic heterocycles. The third-order valence-corrected chi connectivity index (χ3v) is 7.08. The number of carbonyl (C=O) groups is 2. The van der Waals surface area contributed by atoms with Gasteiger partial charge < -0.3 is 31.4 Å². The van der Waals surface area contributed by atoms with Crippen molar-refractivity contribution in [2.45, 2.75) is 65.0 Å². The highest BCUT2D eigenvalue weighted by atomic mass is 16.5. The molecule has 216 valence electrons. The zero-order valence-electron chi connectivity index (χ0n) is 24.0. The number of aromatic nitrogens is 1. The number of nitrogens with one attached hydrogen (secondary N) is 3. The lowest BCUT2D eigenvalue weighted by molar-refractivity contribution is -0.121. The van der Waals surface area contributed by atoms with Crippen LogP contribution < -0.4 is 21.1 Å². The van der Waals surface area contributed by atoms with Crippen LogP contribution in [0.2, 0.25) is 0 Å². The van der Waals surface area contributed by atoms with Crippen molar-refractivity contribution in [1.82, 2.24) is 9.88 Å². The fourth-order valence-corrected chi connectivity index (χ4v) is 4.65. The summed E-state index contributed by atoms with van der Waals surface area (Å²) in [6.45, 7) is 6.78. The van der Waals surface area contributed by atoms with E-state index in [2.05, 4.69) is 29.5 Å². The van der Waals surface area contributed by atoms with Crippen LogP contribution in [0.1, 0.15) is 68.8 Å². The van der Waals surface area contributed by atoms with E-state index >= 15 is 0 Å². The van der Waals surface area contributed by atoms with Crippen molar-refractivity contribution in [1.29, 1.82) is 5.41 Å². The highest BCUT2D eigenvalue weighted by Crippen LogP contribution is 2.32. The summed E-state index contributed by atoms with van der Waals surface area (Å²) in [5, 5.41) is 15.1. The molecular formula is C32H40N6O3. The number of hydrogen-bond acceptors (Lipinski definition) is 7. The minimum atomic E-state index is -0.227. The maximum atomic E-state index is 12.8. The van der Waals surface area contributed by atoms with Gasteiger partial charge in [0.15, 0.2) is 0 Å². The van der Waals surface area contributed by atoms with Gasteiger partial charge in [-0.15, -0.1) is 0 Å². The number of nitrogens with zero attached hydrogens (tertiary/aromatic N) is 2. The van der Waals surface area contributed by atoms with Gasteiger partial charge in [-0.1, -0.05) is 26.3 Å². The molecule has 2 fully saturated rings. The number of pyridine rings is 1. The first-order valence-corrected chi connectivity index (χ1v) is 14.3. The van der Waals surface area contributed by atoms with Crippen molar-refractivity contribution < 1.29 is 14.3 Å². The van der Waals surface area contributed by atoms with Crippen LogP contribution in [-0.4, -0.2) is 46.6 Å². The third-order valence-electron chi connectivity index (χ3n) is 7.08. The van der Waals surface area contributed by atoms with E-state index in [4.69, 9.17) is 15.9 Å². The molecule has 2 unspecified atom stereocenters. The van der Waals surface area contributed by atoms with Crippen molar-refractivity contribution in [3.63, 3.8) is 0 Å². The standard InChI is InChI=1S/C29H32N6O3.C3H8/c1-18-5-6-20(16-35(18)17-36)26(30)25-13-14-32-28(31)27(25)33-21-9-7-19(8-10-21)29(37)34-22-3-2-4-24(15-22)38-23-11-12-23;1-3-2/h2-4,7-10,13-15,17-18,20,23,30,33H,5-6,11-12,16H2,1H3,(H2,31,32)(H,34,37);3H2,1-2H3. The molecule has 1 aliphatic carbocycles. The zero-order chi connectivity index (χ0) is 29.4. The zero-order valence-corrected chi connectivity index (χ0v) is 24.0. The molecule has 1 aromatic heterocycles. The Hall–Kier alpha value is -4.40. The molecule has 0 bridgehead atoms. The van der Waals surface area contributed by atoms with Gasteiger partial charge in [0.05, 0.1) is 11.8 Å². The third kappa shape index (κ3) is 7.84. The van der Waals surface area contributed by atoms with Crippen LogP contribution in [0.3, 0.4) is 0 Å². The number of amides is 2. The van der Waals surface area contributed by atoms with E-state index in [0.29, 0.717) is 40.4 Å². The van der Waals surface area contributed by atoms with Crippen molar-refractivity contribution >= 4 is 40.9 Å². The lowest BCUT2D eigenvalue weighted by Crippen LogP contribution is -2.43. The van der Waals surface area contributed by atoms with Crippen LogP contribution in [0.15, 0.2) is 60.8 Å². The van der Waals surface area contributed by atoms with E-state index in [0.717, 1.165) is 37.8 Å². The van der Waals surface area contributed by atoms with Gasteiger partial charge in [-0.05, 0) is 75.1 Å². The van der Waals surface area contributed by atoms with Gasteiger partial charge in [-0.3, -0.25) is 9.59 Å². The van der Waals surface area contributed by atoms with Crippen LogP contribution in [-0.2, 0) is 4.79 Å². The Bertz CT molecular complexity index is 1360. The minimum absolute atomic E-state index is 0.0852. The van der Waals surface area contributed by atoms with E-state index in [1.165, 1.54) is 6.42 Å². The molecule has 9 heteroatoms. The second kappa shape index (κ2) is 13.8. The first kappa shape index (κ1) is 29.6. The number of benzene rings is 2. The molecule has 1 saturated carbocycles. The van der Waals surface area contributed by atoms with E-state index in [1.54, 1.807) is 41.4 Å². The molecule has 9 nitrogen and oxygen atoms in total. The number of anilines is 4. The molecule has 2 atom stereocenters. The Labute approximate surface area is 242 Å². The van der Waals surface area contributed by atoms with Gasteiger partial charge in [0, 0.05) is 59.0 Å². The van der Waals surface area contributed by atoms with Gasteiger partial charge in [-0.25, -0.2) is 4.98 Å². The first-order chi connectivity index (χ1) is 19.8. The van der Waals surface area contributed by atoms with Crippen molar-refractivity contribution in [2.75, 3.05) is 22.9 Å². The monoisotopic (exact) mass is 556 g/mol. The smallest absolute Gasteiger partial charge is 0.255 e. The van der Waals surface area contributed by atoms with Gasteiger partial charge in [0.2, 0.25) is 6.41 Å². The summed E-state index contributed by atoms with van der Waals surface area (Å²) in [5.74, 6) is 0.716. The van der Waals surface area contributed by atoms with Crippen LogP contribution in [0.5, 0.6) is 5.75 Å². The molecule has 2 aliphatic rings. The van der Waals surface area contributed by atoms with Crippen LogP contribution in [0.4, 0.5) is 22.9 Å². The van der Waals surface area contributed by atoms with E-state index in [9.17, 15) is 9.59 Å². The van der Waals surface area contributed by atoms with Crippen molar-refractivity contribution in [2.24, 2.45) is 5.92 Å². The predicted octanol–water partition coefficient (Wildman–Crippen LogP) is 6.24. The Balaban J connectivity index is 0.00000124. The highest BCUT2D eigenvalue weighted by Gasteiger charge is 2.29. The molecule has 5 N–H and O–H groups in total. The molecule has 5 rings (SSSR count). The van der Waals surface area contributed by atoms with Crippen LogP contribution in [0, 0.1) is 11.3 Å². The highest BCUT2D eigenvalue weighted by molar-refractivity contribution is 6.07. The maximum Gasteiger partial charge on any atom is 0.255 e. The Morgan fingerprint density at radius 1 is 1.10 bits per heavy atom. The van der Waals surface area contributed by atoms with Crippen LogP contribution >= 0.6 is 0 Å². The number of hydrogen-bond donors (Lipinski definition) is 4. The second-order valence-electron chi connectivity index (χ2n) is 10.7. The summed E-state index contributed by atoms with van der Waals surface area (Å²) in [7, 11) is 0. The van der Waals surface area contributed by atoms with Crippen molar-refractivity contribution in [3.8, 4) is 5.75 Å². The molecule has 2 amide bonds. The van der Waals surface area contributed by atoms with Crippen LogP contribution in [0.25, 0.3) is 0 Å². The lowest BCUT2D eigenvalue weighted by Gasteiger charge is -2.36. The van der Waals surface area contributed by atoms with Gasteiger partial charge in [0.25, 0.3) is 5.91 Å². The summed E-state index contributed by atoms with van der Waals surface area (Å²) in [5.41, 5.74) is 9.71. The molecule has 2 aromatic carbocycles. The SMILES string of the molecule is CC1CCC(C(=N)c2ccnc(N)c2Nc2ccc(C(=O)Nc3cccc(OC4CC4)c3)cc2)CN1C=O.CCC. The minimum Gasteiger partial charge on any atom is -0.490 e. The Morgan fingerprint density at radius 3 is 2.51 bits per heavy atom. The second-order valence-corrected chi connectivity index (χ2v) is 10.7. The largest absolute Gasteiger partial charge is 0.490 e. The summed E-state index contributed by atoms with van der Waals surface area (Å²) in [6.07, 6.45) is 7.80. The lowest BCUT2D eigenvalue weighted by atomic mass is 9.86. The number of nitrogens with two attached hydrogens (primary N) is 1. The quantitative estimate of drug-likeness (QED) is 0.182. The Morgan fingerprint density at radius 2 is 1.83 bits per heavy atom. The Kier molecular flexibility index (Phi) is 9.95. The predicted molar refractivity (Wildman–Crippen MR) is 164 cm³/mol. The molecule has 1 saturated heterocycles. The number of rotatable bonds is 9. The topological polar surface area (TPSA) is 133 Å². The summed E-state index contributed by atoms with van der Waals surface area (Å²) in [6, 6.07) is 16.4. The van der Waals surface area contributed by atoms with E-state index < -0.39 is 0 Å². The average molecular weight is 557 g/mol. The fraction of sp³-hybridized carbons (Fsp3) is 0.375. The summed E-state index contributed by atoms with van der Waals surface area (Å²) >= 11 is 0. The average Bonchev–Trinajstić information content (AvgIpc) is 3.79. The number of piperidine rings is 1. The molecular weight excluding hydrogens is 516 g/mol. The first-order valence-electron chi connectivity index (χ1n) is 14.3. The van der Waals surface area contributed by atoms with Crippen molar-refractivity contribution in [3.05, 3.63) is 71.9 Å². The number of carbonyl (C=O) groups excluding carboxylic acids is 2. The molecule has 3 aromatic rings. The number of nitrogen functional groups attached to an aromatic ring is 1. The maximum absolute atomic E-state index is 12.8. The molecule has 41 heavy (non-hydrogen) atoms. The normalized spacial score (nSPS) is 18.0. The molecule has 0 spiro atoms. The number of ether oxygens (including phenoxy) is 1. The van der Waals surface area contributed by atoms with Gasteiger partial charge in [-0.2, -0.15) is 0 Å². The molecule has 0 radical (unpaired) electrons.